The van der Waals surface area contributed by atoms with Crippen molar-refractivity contribution in [1.82, 2.24) is 20.2 Å². The summed E-state index contributed by atoms with van der Waals surface area (Å²) < 4.78 is 0. The van der Waals surface area contributed by atoms with Crippen LogP contribution in [0.3, 0.4) is 0 Å². The van der Waals surface area contributed by atoms with Crippen LogP contribution in [0, 0.1) is 0 Å². The Morgan fingerprint density at radius 3 is 3.14 bits per heavy atom. The molecule has 1 fully saturated rings. The molecule has 2 aromatic rings. The monoisotopic (exact) mass is 189 g/mol. The van der Waals surface area contributed by atoms with E-state index in [0.29, 0.717) is 6.04 Å². The Kier molecular flexibility index (Phi) is 1.47. The van der Waals surface area contributed by atoms with Crippen LogP contribution < -0.4 is 4.90 Å². The number of fused-ring (bicyclic) bond motifs is 1. The van der Waals surface area contributed by atoms with E-state index in [-0.39, 0.29) is 0 Å². The number of hydrogen-bond donors (Lipinski definition) is 1. The van der Waals surface area contributed by atoms with Crippen molar-refractivity contribution >= 4 is 16.9 Å². The van der Waals surface area contributed by atoms with Crippen LogP contribution in [0.5, 0.6) is 0 Å². The molecule has 0 aromatic carbocycles. The van der Waals surface area contributed by atoms with Gasteiger partial charge in [-0.25, -0.2) is 9.97 Å². The predicted octanol–water partition coefficient (Wildman–Crippen LogP) is 0.951. The summed E-state index contributed by atoms with van der Waals surface area (Å²) in [5.41, 5.74) is 0.814. The lowest BCUT2D eigenvalue weighted by Gasteiger charge is -2.39. The molecule has 5 heteroatoms. The van der Waals surface area contributed by atoms with E-state index in [1.807, 2.05) is 0 Å². The molecule has 72 valence electrons. The lowest BCUT2D eigenvalue weighted by molar-refractivity contribution is 0.478. The SMILES string of the molecule is CC1CCN1c1ncnc2[nH]ncc12. The summed E-state index contributed by atoms with van der Waals surface area (Å²) in [5, 5.41) is 7.84. The van der Waals surface area contributed by atoms with Gasteiger partial charge in [-0.1, -0.05) is 0 Å². The highest BCUT2D eigenvalue weighted by Crippen LogP contribution is 2.28. The Morgan fingerprint density at radius 2 is 2.43 bits per heavy atom. The summed E-state index contributed by atoms with van der Waals surface area (Å²) in [6, 6.07) is 0.586. The second-order valence-electron chi connectivity index (χ2n) is 3.66. The minimum atomic E-state index is 0.586. The summed E-state index contributed by atoms with van der Waals surface area (Å²) in [7, 11) is 0. The van der Waals surface area contributed by atoms with Crippen molar-refractivity contribution in [3.05, 3.63) is 12.5 Å². The third-order valence-electron chi connectivity index (χ3n) is 2.82. The van der Waals surface area contributed by atoms with E-state index >= 15 is 0 Å². The van der Waals surface area contributed by atoms with Crippen LogP contribution in [0.25, 0.3) is 11.0 Å². The molecule has 0 bridgehead atoms. The number of aromatic amines is 1. The van der Waals surface area contributed by atoms with Crippen LogP contribution in [-0.4, -0.2) is 32.8 Å². The van der Waals surface area contributed by atoms with E-state index < -0.39 is 0 Å². The predicted molar refractivity (Wildman–Crippen MR) is 53.1 cm³/mol. The molecule has 0 radical (unpaired) electrons. The minimum Gasteiger partial charge on any atom is -0.353 e. The standard InChI is InChI=1S/C9H11N5/c1-6-2-3-14(6)9-7-4-12-13-8(7)10-5-11-9/h4-6H,2-3H2,1H3,(H,10,11,12,13). The third kappa shape index (κ3) is 0.921. The first-order valence-corrected chi connectivity index (χ1v) is 4.77. The van der Waals surface area contributed by atoms with Gasteiger partial charge in [-0.3, -0.25) is 5.10 Å². The van der Waals surface area contributed by atoms with Gasteiger partial charge in [0, 0.05) is 12.6 Å². The molecule has 0 spiro atoms. The van der Waals surface area contributed by atoms with Gasteiger partial charge in [0.1, 0.15) is 12.1 Å². The molecule has 5 nitrogen and oxygen atoms in total. The lowest BCUT2D eigenvalue weighted by Crippen LogP contribution is -2.46. The van der Waals surface area contributed by atoms with Crippen LogP contribution in [0.1, 0.15) is 13.3 Å². The first-order chi connectivity index (χ1) is 6.86. The summed E-state index contributed by atoms with van der Waals surface area (Å²) in [5.74, 6) is 1.00. The zero-order valence-corrected chi connectivity index (χ0v) is 7.94. The summed E-state index contributed by atoms with van der Waals surface area (Å²) in [6.45, 7) is 3.29. The highest BCUT2D eigenvalue weighted by molar-refractivity contribution is 5.86. The van der Waals surface area contributed by atoms with Gasteiger partial charge in [0.25, 0.3) is 0 Å². The van der Waals surface area contributed by atoms with Crippen LogP contribution in [0.15, 0.2) is 12.5 Å². The minimum absolute atomic E-state index is 0.586. The number of hydrogen-bond acceptors (Lipinski definition) is 4. The van der Waals surface area contributed by atoms with Crippen molar-refractivity contribution < 1.29 is 0 Å². The lowest BCUT2D eigenvalue weighted by atomic mass is 10.1. The molecule has 1 saturated heterocycles. The molecule has 3 rings (SSSR count). The van der Waals surface area contributed by atoms with E-state index in [1.165, 1.54) is 6.42 Å². The van der Waals surface area contributed by atoms with Gasteiger partial charge in [-0.05, 0) is 13.3 Å². The molecule has 14 heavy (non-hydrogen) atoms. The fraction of sp³-hybridized carbons (Fsp3) is 0.444. The average molecular weight is 189 g/mol. The Bertz CT molecular complexity index is 463. The third-order valence-corrected chi connectivity index (χ3v) is 2.82. The number of anilines is 1. The van der Waals surface area contributed by atoms with E-state index in [9.17, 15) is 0 Å². The van der Waals surface area contributed by atoms with Gasteiger partial charge < -0.3 is 4.90 Å². The second kappa shape index (κ2) is 2.67. The molecular weight excluding hydrogens is 178 g/mol. The van der Waals surface area contributed by atoms with E-state index in [1.54, 1.807) is 12.5 Å². The first kappa shape index (κ1) is 7.73. The van der Waals surface area contributed by atoms with Crippen LogP contribution >= 0.6 is 0 Å². The van der Waals surface area contributed by atoms with Crippen LogP contribution in [0.2, 0.25) is 0 Å². The zero-order valence-electron chi connectivity index (χ0n) is 7.94. The largest absolute Gasteiger partial charge is 0.353 e. The Balaban J connectivity index is 2.15. The maximum absolute atomic E-state index is 4.31. The van der Waals surface area contributed by atoms with Crippen LogP contribution in [-0.2, 0) is 0 Å². The topological polar surface area (TPSA) is 57.7 Å². The van der Waals surface area contributed by atoms with Crippen molar-refractivity contribution in [3.63, 3.8) is 0 Å². The molecule has 3 heterocycles. The van der Waals surface area contributed by atoms with Gasteiger partial charge in [0.15, 0.2) is 5.65 Å². The normalized spacial score (nSPS) is 21.2. The van der Waals surface area contributed by atoms with Crippen molar-refractivity contribution in [2.45, 2.75) is 19.4 Å². The molecule has 0 aliphatic carbocycles. The number of rotatable bonds is 1. The Hall–Kier alpha value is -1.65. The molecule has 0 amide bonds. The van der Waals surface area contributed by atoms with Gasteiger partial charge >= 0.3 is 0 Å². The van der Waals surface area contributed by atoms with Gasteiger partial charge in [0.2, 0.25) is 0 Å². The molecule has 0 saturated carbocycles. The van der Waals surface area contributed by atoms with Crippen molar-refractivity contribution in [2.75, 3.05) is 11.4 Å². The Morgan fingerprint density at radius 1 is 1.50 bits per heavy atom. The molecule has 1 atom stereocenters. The molecule has 1 unspecified atom stereocenters. The molecule has 2 aromatic heterocycles. The zero-order chi connectivity index (χ0) is 9.54. The van der Waals surface area contributed by atoms with E-state index in [0.717, 1.165) is 23.4 Å². The van der Waals surface area contributed by atoms with Gasteiger partial charge in [-0.15, -0.1) is 0 Å². The first-order valence-electron chi connectivity index (χ1n) is 4.77. The quantitative estimate of drug-likeness (QED) is 0.725. The number of H-pyrrole nitrogens is 1. The molecule has 1 aliphatic rings. The van der Waals surface area contributed by atoms with Gasteiger partial charge in [0.05, 0.1) is 11.6 Å². The highest BCUT2D eigenvalue weighted by Gasteiger charge is 2.26. The fourth-order valence-electron chi connectivity index (χ4n) is 1.81. The maximum Gasteiger partial charge on any atom is 0.160 e. The smallest absolute Gasteiger partial charge is 0.160 e. The molecule has 1 aliphatic heterocycles. The second-order valence-corrected chi connectivity index (χ2v) is 3.66. The van der Waals surface area contributed by atoms with Crippen molar-refractivity contribution in [1.29, 1.82) is 0 Å². The Labute approximate surface area is 81.2 Å². The maximum atomic E-state index is 4.31. The van der Waals surface area contributed by atoms with Gasteiger partial charge in [-0.2, -0.15) is 5.10 Å². The summed E-state index contributed by atoms with van der Waals surface area (Å²) in [6.07, 6.45) is 4.61. The number of nitrogens with zero attached hydrogens (tertiary/aromatic N) is 4. The average Bonchev–Trinajstić information content (AvgIpc) is 2.64. The fourth-order valence-corrected chi connectivity index (χ4v) is 1.81. The van der Waals surface area contributed by atoms with E-state index in [2.05, 4.69) is 32.0 Å². The van der Waals surface area contributed by atoms with Crippen molar-refractivity contribution in [3.8, 4) is 0 Å². The van der Waals surface area contributed by atoms with E-state index in [4.69, 9.17) is 0 Å². The summed E-state index contributed by atoms with van der Waals surface area (Å²) in [4.78, 5) is 10.7. The molecule has 1 N–H and O–H groups in total. The van der Waals surface area contributed by atoms with Crippen LogP contribution in [0.4, 0.5) is 5.82 Å². The summed E-state index contributed by atoms with van der Waals surface area (Å²) >= 11 is 0. The number of aromatic nitrogens is 4. The number of nitrogens with one attached hydrogen (secondary N) is 1. The van der Waals surface area contributed by atoms with Crippen molar-refractivity contribution in [2.24, 2.45) is 0 Å². The highest BCUT2D eigenvalue weighted by atomic mass is 15.3. The molecular formula is C9H11N5.